The van der Waals surface area contributed by atoms with Crippen molar-refractivity contribution in [1.82, 2.24) is 14.9 Å². The summed E-state index contributed by atoms with van der Waals surface area (Å²) < 4.78 is 22.4. The first-order chi connectivity index (χ1) is 19.9. The second-order valence-corrected chi connectivity index (χ2v) is 10.4. The monoisotopic (exact) mass is 564 g/mol. The van der Waals surface area contributed by atoms with E-state index in [1.165, 1.54) is 0 Å². The number of aromatic nitrogens is 2. The number of amides is 1. The van der Waals surface area contributed by atoms with Crippen molar-refractivity contribution in [3.05, 3.63) is 60.1 Å². The third kappa shape index (κ3) is 6.14. The lowest BCUT2D eigenvalue weighted by molar-refractivity contribution is -0.143. The summed E-state index contributed by atoms with van der Waals surface area (Å²) in [7, 11) is 1.54. The highest BCUT2D eigenvalue weighted by molar-refractivity contribution is 5.94. The number of nitrogens with zero attached hydrogens (tertiary/aromatic N) is 4. The summed E-state index contributed by atoms with van der Waals surface area (Å²) in [5.74, 6) is 0.533. The third-order valence-corrected chi connectivity index (χ3v) is 7.80. The molecule has 41 heavy (non-hydrogen) atoms. The molecule has 0 bridgehead atoms. The summed E-state index contributed by atoms with van der Waals surface area (Å²) in [5, 5.41) is 10.5. The van der Waals surface area contributed by atoms with Crippen LogP contribution in [0.5, 0.6) is 17.2 Å². The van der Waals surface area contributed by atoms with Gasteiger partial charge in [-0.25, -0.2) is 4.98 Å². The number of carboxylic acids is 1. The zero-order valence-corrected chi connectivity index (χ0v) is 23.6. The Morgan fingerprint density at radius 2 is 2.10 bits per heavy atom. The van der Waals surface area contributed by atoms with Crippen molar-refractivity contribution in [1.29, 1.82) is 0 Å². The number of rotatable bonds is 12. The fourth-order valence-electron chi connectivity index (χ4n) is 5.83. The molecule has 0 radical (unpaired) electrons. The molecular weight excluding hydrogens is 528 g/mol. The summed E-state index contributed by atoms with van der Waals surface area (Å²) in [6.07, 6.45) is 7.69. The van der Waals surface area contributed by atoms with E-state index in [0.717, 1.165) is 24.1 Å². The molecule has 1 aromatic carbocycles. The van der Waals surface area contributed by atoms with Crippen LogP contribution in [0.3, 0.4) is 0 Å². The van der Waals surface area contributed by atoms with Crippen LogP contribution in [-0.4, -0.2) is 71.4 Å². The number of hydrogen-bond acceptors (Lipinski definition) is 9. The highest BCUT2D eigenvalue weighted by Crippen LogP contribution is 2.47. The molecule has 0 saturated carbocycles. The SMILES string of the molecule is CCCCN(C(=O)CN1C[C@H](c2cc(OC)c3c(c2)OCO3)C(C(=O)O)[C@@H]1CCc1ncc(C)o1)c1cccnc1. The zero-order valence-electron chi connectivity index (χ0n) is 23.6. The van der Waals surface area contributed by atoms with Gasteiger partial charge < -0.3 is 28.6 Å². The number of carbonyl (C=O) groups is 2. The number of ether oxygens (including phenoxy) is 3. The van der Waals surface area contributed by atoms with Crippen LogP contribution in [0.15, 0.2) is 47.3 Å². The van der Waals surface area contributed by atoms with Crippen molar-refractivity contribution in [2.75, 3.05) is 38.4 Å². The van der Waals surface area contributed by atoms with Gasteiger partial charge in [0.2, 0.25) is 18.4 Å². The van der Waals surface area contributed by atoms with Gasteiger partial charge >= 0.3 is 5.97 Å². The predicted molar refractivity (Wildman–Crippen MR) is 149 cm³/mol. The molecule has 1 N–H and O–H groups in total. The Morgan fingerprint density at radius 1 is 1.24 bits per heavy atom. The quantitative estimate of drug-likeness (QED) is 0.344. The van der Waals surface area contributed by atoms with E-state index in [-0.39, 0.29) is 19.2 Å². The van der Waals surface area contributed by atoms with E-state index in [0.29, 0.717) is 54.8 Å². The molecule has 11 heteroatoms. The molecular formula is C30H36N4O7. The molecule has 11 nitrogen and oxygen atoms in total. The molecule has 2 aliphatic rings. The second kappa shape index (κ2) is 12.6. The number of carbonyl (C=O) groups excluding carboxylic acids is 1. The summed E-state index contributed by atoms with van der Waals surface area (Å²) in [5.41, 5.74) is 1.49. The van der Waals surface area contributed by atoms with Crippen LogP contribution in [-0.2, 0) is 16.0 Å². The topological polar surface area (TPSA) is 127 Å². The molecule has 1 saturated heterocycles. The Balaban J connectivity index is 1.46. The molecule has 3 aromatic rings. The Kier molecular flexibility index (Phi) is 8.72. The molecule has 1 fully saturated rings. The molecule has 5 rings (SSSR count). The highest BCUT2D eigenvalue weighted by atomic mass is 16.7. The number of methoxy groups -OCH3 is 1. The predicted octanol–water partition coefficient (Wildman–Crippen LogP) is 4.05. The lowest BCUT2D eigenvalue weighted by atomic mass is 9.83. The van der Waals surface area contributed by atoms with Crippen molar-refractivity contribution in [2.24, 2.45) is 5.92 Å². The van der Waals surface area contributed by atoms with Gasteiger partial charge in [0.1, 0.15) is 5.76 Å². The van der Waals surface area contributed by atoms with Crippen molar-refractivity contribution >= 4 is 17.6 Å². The minimum Gasteiger partial charge on any atom is -0.493 e. The van der Waals surface area contributed by atoms with Gasteiger partial charge in [0.15, 0.2) is 17.4 Å². The average Bonchev–Trinajstić information content (AvgIpc) is 3.70. The lowest BCUT2D eigenvalue weighted by Crippen LogP contribution is -2.44. The van der Waals surface area contributed by atoms with Crippen LogP contribution in [0.4, 0.5) is 5.69 Å². The second-order valence-electron chi connectivity index (χ2n) is 10.4. The Bertz CT molecular complexity index is 1360. The van der Waals surface area contributed by atoms with Crippen molar-refractivity contribution < 1.29 is 33.3 Å². The number of unbranched alkanes of at least 4 members (excludes halogenated alkanes) is 1. The van der Waals surface area contributed by atoms with Crippen LogP contribution in [0.2, 0.25) is 0 Å². The molecule has 0 aliphatic carbocycles. The number of likely N-dealkylation sites (tertiary alicyclic amines) is 1. The fourth-order valence-corrected chi connectivity index (χ4v) is 5.83. The first-order valence-electron chi connectivity index (χ1n) is 14.0. The maximum Gasteiger partial charge on any atom is 0.308 e. The van der Waals surface area contributed by atoms with Gasteiger partial charge in [-0.2, -0.15) is 0 Å². The van der Waals surface area contributed by atoms with Crippen LogP contribution in [0, 0.1) is 12.8 Å². The standard InChI is InChI=1S/C30H36N4O7/c1-4-5-11-34(21-7-6-10-31-15-21)27(35)17-33-16-22(20-12-24(38-3)29-25(13-20)39-18-40-29)28(30(36)37)23(33)8-9-26-32-14-19(2)41-26/h6-7,10,12-15,22-23,28H,4-5,8-9,11,16-18H2,1-3H3,(H,36,37)/t22-,23+,28?/m1/s1. The minimum atomic E-state index is -0.926. The van der Waals surface area contributed by atoms with E-state index in [4.69, 9.17) is 18.6 Å². The summed E-state index contributed by atoms with van der Waals surface area (Å²) in [4.78, 5) is 39.0. The Hall–Kier alpha value is -4.12. The molecule has 2 aromatic heterocycles. The van der Waals surface area contributed by atoms with Gasteiger partial charge in [0.05, 0.1) is 37.7 Å². The number of fused-ring (bicyclic) bond motifs is 1. The highest BCUT2D eigenvalue weighted by Gasteiger charge is 2.47. The first-order valence-corrected chi connectivity index (χ1v) is 14.0. The number of oxazole rings is 1. The number of pyridine rings is 1. The van der Waals surface area contributed by atoms with Gasteiger partial charge in [-0.3, -0.25) is 19.5 Å². The average molecular weight is 565 g/mol. The molecule has 4 heterocycles. The fraction of sp³-hybridized carbons (Fsp3) is 0.467. The van der Waals surface area contributed by atoms with Crippen molar-refractivity contribution in [3.63, 3.8) is 0 Å². The van der Waals surface area contributed by atoms with E-state index in [2.05, 4.69) is 16.9 Å². The van der Waals surface area contributed by atoms with Crippen LogP contribution >= 0.6 is 0 Å². The van der Waals surface area contributed by atoms with E-state index in [9.17, 15) is 14.7 Å². The normalized spacial score (nSPS) is 19.8. The number of hydrogen-bond donors (Lipinski definition) is 1. The minimum absolute atomic E-state index is 0.0653. The number of anilines is 1. The van der Waals surface area contributed by atoms with E-state index >= 15 is 0 Å². The summed E-state index contributed by atoms with van der Waals surface area (Å²) in [6, 6.07) is 6.88. The van der Waals surface area contributed by atoms with Gasteiger partial charge in [-0.05, 0) is 49.6 Å². The number of carboxylic acid groups (broad SMARTS) is 1. The smallest absolute Gasteiger partial charge is 0.308 e. The van der Waals surface area contributed by atoms with E-state index in [1.54, 1.807) is 30.6 Å². The largest absolute Gasteiger partial charge is 0.493 e. The molecule has 218 valence electrons. The Labute approximate surface area is 239 Å². The zero-order chi connectivity index (χ0) is 28.9. The van der Waals surface area contributed by atoms with E-state index < -0.39 is 23.8 Å². The molecule has 1 amide bonds. The molecule has 0 spiro atoms. The molecule has 1 unspecified atom stereocenters. The van der Waals surface area contributed by atoms with Crippen LogP contribution in [0.25, 0.3) is 0 Å². The lowest BCUT2D eigenvalue weighted by Gasteiger charge is -2.29. The Morgan fingerprint density at radius 3 is 2.78 bits per heavy atom. The van der Waals surface area contributed by atoms with Crippen LogP contribution in [0.1, 0.15) is 49.3 Å². The maximum absolute atomic E-state index is 13.8. The van der Waals surface area contributed by atoms with Crippen molar-refractivity contribution in [3.8, 4) is 17.2 Å². The third-order valence-electron chi connectivity index (χ3n) is 7.80. The first kappa shape index (κ1) is 28.4. The van der Waals surface area contributed by atoms with Gasteiger partial charge in [0, 0.05) is 37.7 Å². The van der Waals surface area contributed by atoms with Gasteiger partial charge in [-0.1, -0.05) is 13.3 Å². The van der Waals surface area contributed by atoms with Crippen LogP contribution < -0.4 is 19.1 Å². The summed E-state index contributed by atoms with van der Waals surface area (Å²) in [6.45, 7) is 4.96. The summed E-state index contributed by atoms with van der Waals surface area (Å²) >= 11 is 0. The van der Waals surface area contributed by atoms with Crippen molar-refractivity contribution in [2.45, 2.75) is 51.5 Å². The number of aryl methyl sites for hydroxylation is 2. The number of benzene rings is 1. The molecule has 2 aliphatic heterocycles. The van der Waals surface area contributed by atoms with Gasteiger partial charge in [-0.15, -0.1) is 0 Å². The maximum atomic E-state index is 13.8. The van der Waals surface area contributed by atoms with Gasteiger partial charge in [0.25, 0.3) is 0 Å². The number of aliphatic carboxylic acids is 1. The van der Waals surface area contributed by atoms with E-state index in [1.807, 2.05) is 36.1 Å². The molecule has 3 atom stereocenters.